The van der Waals surface area contributed by atoms with Crippen LogP contribution in [-0.4, -0.2) is 13.2 Å². The standard InChI is InChI=1S/C37H76O/c1-3-5-7-9-11-13-15-17-19-20-21-23-25-27-29-31-33-35-37-38-36-34-32-30-28-26-24-22-18-16-14-12-10-8-6-4-2/h3-37H2,1-2H3. The molecule has 0 aromatic carbocycles. The largest absolute Gasteiger partial charge is 0.381 e. The molecule has 0 N–H and O–H groups in total. The summed E-state index contributed by atoms with van der Waals surface area (Å²) in [4.78, 5) is 0. The summed E-state index contributed by atoms with van der Waals surface area (Å²) in [5.74, 6) is 0. The highest BCUT2D eigenvalue weighted by atomic mass is 16.5. The number of unbranched alkanes of at least 4 members (excludes halogenated alkanes) is 31. The van der Waals surface area contributed by atoms with Crippen LogP contribution in [0.5, 0.6) is 0 Å². The van der Waals surface area contributed by atoms with E-state index in [-0.39, 0.29) is 0 Å². The molecule has 0 rings (SSSR count). The molecule has 0 aliphatic heterocycles. The summed E-state index contributed by atoms with van der Waals surface area (Å²) in [5.41, 5.74) is 0. The number of ether oxygens (including phenoxy) is 1. The Kier molecular flexibility index (Phi) is 36.9. The molecule has 0 spiro atoms. The van der Waals surface area contributed by atoms with Gasteiger partial charge < -0.3 is 4.74 Å². The fraction of sp³-hybridized carbons (Fsp3) is 1.00. The Morgan fingerprint density at radius 2 is 0.368 bits per heavy atom. The van der Waals surface area contributed by atoms with Crippen molar-refractivity contribution in [3.8, 4) is 0 Å². The van der Waals surface area contributed by atoms with Crippen LogP contribution in [-0.2, 0) is 4.74 Å². The van der Waals surface area contributed by atoms with Crippen LogP contribution >= 0.6 is 0 Å². The molecule has 0 saturated carbocycles. The van der Waals surface area contributed by atoms with Crippen LogP contribution in [0.3, 0.4) is 0 Å². The Labute approximate surface area is 243 Å². The van der Waals surface area contributed by atoms with Gasteiger partial charge in [-0.2, -0.15) is 0 Å². The highest BCUT2D eigenvalue weighted by Crippen LogP contribution is 2.15. The van der Waals surface area contributed by atoms with E-state index in [1.165, 1.54) is 212 Å². The van der Waals surface area contributed by atoms with Gasteiger partial charge in [-0.1, -0.05) is 213 Å². The van der Waals surface area contributed by atoms with E-state index in [1.54, 1.807) is 0 Å². The highest BCUT2D eigenvalue weighted by molar-refractivity contribution is 4.52. The van der Waals surface area contributed by atoms with Crippen LogP contribution in [0.1, 0.15) is 226 Å². The van der Waals surface area contributed by atoms with Gasteiger partial charge in [-0.25, -0.2) is 0 Å². The molecule has 1 nitrogen and oxygen atoms in total. The van der Waals surface area contributed by atoms with Gasteiger partial charge in [0.25, 0.3) is 0 Å². The molecular weight excluding hydrogens is 460 g/mol. The fourth-order valence-electron chi connectivity index (χ4n) is 5.78. The topological polar surface area (TPSA) is 9.23 Å². The van der Waals surface area contributed by atoms with Gasteiger partial charge in [-0.3, -0.25) is 0 Å². The van der Waals surface area contributed by atoms with Crippen molar-refractivity contribution in [1.29, 1.82) is 0 Å². The third kappa shape index (κ3) is 36.0. The average molecular weight is 537 g/mol. The van der Waals surface area contributed by atoms with Gasteiger partial charge in [-0.05, 0) is 12.8 Å². The first kappa shape index (κ1) is 38.0. The summed E-state index contributed by atoms with van der Waals surface area (Å²) >= 11 is 0. The zero-order chi connectivity index (χ0) is 27.5. The number of hydrogen-bond acceptors (Lipinski definition) is 1. The lowest BCUT2D eigenvalue weighted by Gasteiger charge is -2.06. The molecule has 1 heteroatoms. The molecule has 230 valence electrons. The second-order valence-corrected chi connectivity index (χ2v) is 12.6. The van der Waals surface area contributed by atoms with Crippen molar-refractivity contribution >= 4 is 0 Å². The van der Waals surface area contributed by atoms with Gasteiger partial charge in [0.1, 0.15) is 0 Å². The third-order valence-electron chi connectivity index (χ3n) is 8.53. The van der Waals surface area contributed by atoms with Gasteiger partial charge in [0, 0.05) is 13.2 Å². The van der Waals surface area contributed by atoms with Crippen LogP contribution < -0.4 is 0 Å². The van der Waals surface area contributed by atoms with Crippen molar-refractivity contribution in [3.05, 3.63) is 0 Å². The monoisotopic (exact) mass is 537 g/mol. The first-order chi connectivity index (χ1) is 18.9. The van der Waals surface area contributed by atoms with Crippen LogP contribution in [0.15, 0.2) is 0 Å². The fourth-order valence-corrected chi connectivity index (χ4v) is 5.78. The second kappa shape index (κ2) is 37.0. The summed E-state index contributed by atoms with van der Waals surface area (Å²) < 4.78 is 5.88. The molecule has 0 radical (unpaired) electrons. The molecule has 0 amide bonds. The Bertz CT molecular complexity index is 343. The molecule has 38 heavy (non-hydrogen) atoms. The van der Waals surface area contributed by atoms with Crippen molar-refractivity contribution in [2.24, 2.45) is 0 Å². The maximum absolute atomic E-state index is 5.88. The lowest BCUT2D eigenvalue weighted by Crippen LogP contribution is -1.97. The van der Waals surface area contributed by atoms with E-state index in [2.05, 4.69) is 13.8 Å². The first-order valence-electron chi connectivity index (χ1n) is 18.5. The predicted octanol–water partition coefficient (Wildman–Crippen LogP) is 13.9. The Balaban J connectivity index is 3.01. The van der Waals surface area contributed by atoms with E-state index in [0.717, 1.165) is 13.2 Å². The normalized spacial score (nSPS) is 11.5. The van der Waals surface area contributed by atoms with E-state index in [1.807, 2.05) is 0 Å². The molecule has 0 aliphatic carbocycles. The van der Waals surface area contributed by atoms with Crippen LogP contribution in [0, 0.1) is 0 Å². The van der Waals surface area contributed by atoms with E-state index < -0.39 is 0 Å². The molecule has 0 aromatic rings. The molecule has 0 atom stereocenters. The molecular formula is C37H76O. The summed E-state index contributed by atoms with van der Waals surface area (Å²) in [6.07, 6.45) is 47.5. The summed E-state index contributed by atoms with van der Waals surface area (Å²) in [6, 6.07) is 0. The second-order valence-electron chi connectivity index (χ2n) is 12.6. The number of rotatable bonds is 35. The zero-order valence-electron chi connectivity index (χ0n) is 27.2. The predicted molar refractivity (Wildman–Crippen MR) is 175 cm³/mol. The molecule has 0 aliphatic rings. The average Bonchev–Trinajstić information content (AvgIpc) is 2.93. The smallest absolute Gasteiger partial charge is 0.0466 e. The van der Waals surface area contributed by atoms with E-state index in [4.69, 9.17) is 4.74 Å². The van der Waals surface area contributed by atoms with E-state index >= 15 is 0 Å². The minimum atomic E-state index is 0.997. The first-order valence-corrected chi connectivity index (χ1v) is 18.5. The summed E-state index contributed by atoms with van der Waals surface area (Å²) in [6.45, 7) is 6.60. The van der Waals surface area contributed by atoms with Gasteiger partial charge in [0.05, 0.1) is 0 Å². The molecule has 0 saturated heterocycles. The number of hydrogen-bond donors (Lipinski definition) is 0. The minimum Gasteiger partial charge on any atom is -0.381 e. The lowest BCUT2D eigenvalue weighted by molar-refractivity contribution is 0.125. The minimum absolute atomic E-state index is 0.997. The van der Waals surface area contributed by atoms with Crippen molar-refractivity contribution in [1.82, 2.24) is 0 Å². The van der Waals surface area contributed by atoms with Gasteiger partial charge >= 0.3 is 0 Å². The van der Waals surface area contributed by atoms with Crippen LogP contribution in [0.4, 0.5) is 0 Å². The molecule has 0 bridgehead atoms. The van der Waals surface area contributed by atoms with Gasteiger partial charge in [0.2, 0.25) is 0 Å². The SMILES string of the molecule is CCCCCCCCCCCCCCCCCCCCOCCCCCCCCCCCCCCCCC. The Morgan fingerprint density at radius 1 is 0.211 bits per heavy atom. The van der Waals surface area contributed by atoms with Crippen LogP contribution in [0.2, 0.25) is 0 Å². The lowest BCUT2D eigenvalue weighted by atomic mass is 10.0. The maximum Gasteiger partial charge on any atom is 0.0466 e. The zero-order valence-corrected chi connectivity index (χ0v) is 27.2. The summed E-state index contributed by atoms with van der Waals surface area (Å²) in [7, 11) is 0. The molecule has 0 unspecified atom stereocenters. The van der Waals surface area contributed by atoms with Gasteiger partial charge in [-0.15, -0.1) is 0 Å². The van der Waals surface area contributed by atoms with Crippen molar-refractivity contribution in [2.45, 2.75) is 226 Å². The molecule has 0 heterocycles. The van der Waals surface area contributed by atoms with E-state index in [0.29, 0.717) is 0 Å². The van der Waals surface area contributed by atoms with Crippen molar-refractivity contribution < 1.29 is 4.74 Å². The van der Waals surface area contributed by atoms with Gasteiger partial charge in [0.15, 0.2) is 0 Å². The molecule has 0 aromatic heterocycles. The van der Waals surface area contributed by atoms with Crippen molar-refractivity contribution in [2.75, 3.05) is 13.2 Å². The Morgan fingerprint density at radius 3 is 0.553 bits per heavy atom. The third-order valence-corrected chi connectivity index (χ3v) is 8.53. The van der Waals surface area contributed by atoms with Crippen molar-refractivity contribution in [3.63, 3.8) is 0 Å². The van der Waals surface area contributed by atoms with E-state index in [9.17, 15) is 0 Å². The maximum atomic E-state index is 5.88. The quantitative estimate of drug-likeness (QED) is 0.0732. The molecule has 0 fully saturated rings. The van der Waals surface area contributed by atoms with Crippen LogP contribution in [0.25, 0.3) is 0 Å². The Hall–Kier alpha value is -0.0400. The highest BCUT2D eigenvalue weighted by Gasteiger charge is 1.97. The summed E-state index contributed by atoms with van der Waals surface area (Å²) in [5, 5.41) is 0.